The van der Waals surface area contributed by atoms with Gasteiger partial charge >= 0.3 is 6.18 Å². The fourth-order valence-electron chi connectivity index (χ4n) is 2.39. The normalized spacial score (nSPS) is 18.5. The first-order chi connectivity index (χ1) is 10.3. The first kappa shape index (κ1) is 16.7. The van der Waals surface area contributed by atoms with E-state index in [2.05, 4.69) is 0 Å². The molecule has 1 saturated heterocycles. The van der Waals surface area contributed by atoms with Gasteiger partial charge in [-0.05, 0) is 30.5 Å². The fourth-order valence-corrected chi connectivity index (χ4v) is 2.39. The zero-order chi connectivity index (χ0) is 16.2. The molecule has 1 aliphatic rings. The Morgan fingerprint density at radius 2 is 1.95 bits per heavy atom. The van der Waals surface area contributed by atoms with Crippen LogP contribution < -0.4 is 0 Å². The number of benzene rings is 1. The summed E-state index contributed by atoms with van der Waals surface area (Å²) in [6, 6.07) is 5.06. The van der Waals surface area contributed by atoms with E-state index in [1.807, 2.05) is 0 Å². The molecule has 0 spiro atoms. The summed E-state index contributed by atoms with van der Waals surface area (Å²) in [5, 5.41) is 0. The monoisotopic (exact) mass is 319 g/mol. The first-order valence-corrected chi connectivity index (χ1v) is 7.04. The number of carbonyl (C=O) groups excluding carboxylic acids is 1. The number of carbonyl (C=O) groups is 1. The largest absolute Gasteiger partial charge is 0.406 e. The molecule has 1 atom stereocenters. The Labute approximate surface area is 125 Å². The second-order valence-corrected chi connectivity index (χ2v) is 5.33. The maximum Gasteiger partial charge on any atom is 0.406 e. The number of rotatable bonds is 5. The van der Waals surface area contributed by atoms with Crippen molar-refractivity contribution >= 4 is 5.91 Å². The molecule has 1 aromatic rings. The van der Waals surface area contributed by atoms with Gasteiger partial charge in [-0.25, -0.2) is 4.39 Å². The third-order valence-corrected chi connectivity index (χ3v) is 3.44. The standard InChI is InChI=1S/C15H17F4NO2/c16-12-5-3-11(4-6-12)9-20(10-15(17,18)19)14(21)8-13-2-1-7-22-13/h3-6,13H,1-2,7-10H2/t13-/m0/s1. The summed E-state index contributed by atoms with van der Waals surface area (Å²) in [6.07, 6.45) is -3.35. The Bertz CT molecular complexity index is 495. The summed E-state index contributed by atoms with van der Waals surface area (Å²) in [5.74, 6) is -1.08. The highest BCUT2D eigenvalue weighted by Gasteiger charge is 2.34. The highest BCUT2D eigenvalue weighted by atomic mass is 19.4. The van der Waals surface area contributed by atoms with Crippen LogP contribution in [0.5, 0.6) is 0 Å². The topological polar surface area (TPSA) is 29.5 Å². The molecule has 0 N–H and O–H groups in total. The summed E-state index contributed by atoms with van der Waals surface area (Å²) >= 11 is 0. The van der Waals surface area contributed by atoms with Crippen LogP contribution >= 0.6 is 0 Å². The molecule has 0 aliphatic carbocycles. The van der Waals surface area contributed by atoms with Crippen molar-refractivity contribution in [2.75, 3.05) is 13.2 Å². The van der Waals surface area contributed by atoms with Crippen LogP contribution in [0, 0.1) is 5.82 Å². The zero-order valence-electron chi connectivity index (χ0n) is 11.9. The van der Waals surface area contributed by atoms with E-state index in [0.717, 1.165) is 23.5 Å². The molecule has 0 radical (unpaired) electrons. The van der Waals surface area contributed by atoms with E-state index in [-0.39, 0.29) is 19.1 Å². The van der Waals surface area contributed by atoms with E-state index >= 15 is 0 Å². The maximum atomic E-state index is 12.8. The van der Waals surface area contributed by atoms with Crippen LogP contribution in [-0.4, -0.2) is 36.2 Å². The van der Waals surface area contributed by atoms with Crippen molar-refractivity contribution in [2.24, 2.45) is 0 Å². The lowest BCUT2D eigenvalue weighted by Gasteiger charge is -2.25. The number of alkyl halides is 3. The van der Waals surface area contributed by atoms with E-state index in [1.165, 1.54) is 12.1 Å². The molecule has 3 nitrogen and oxygen atoms in total. The Balaban J connectivity index is 2.04. The summed E-state index contributed by atoms with van der Waals surface area (Å²) < 4.78 is 56.1. The van der Waals surface area contributed by atoms with E-state index in [0.29, 0.717) is 18.6 Å². The van der Waals surface area contributed by atoms with Gasteiger partial charge in [-0.1, -0.05) is 12.1 Å². The number of hydrogen-bond donors (Lipinski definition) is 0. The molecule has 122 valence electrons. The molecule has 1 heterocycles. The molecule has 1 fully saturated rings. The average molecular weight is 319 g/mol. The van der Waals surface area contributed by atoms with Crippen molar-refractivity contribution < 1.29 is 27.1 Å². The quantitative estimate of drug-likeness (QED) is 0.780. The molecule has 1 aliphatic heterocycles. The number of ether oxygens (including phenoxy) is 1. The van der Waals surface area contributed by atoms with Gasteiger partial charge in [0.05, 0.1) is 12.5 Å². The Morgan fingerprint density at radius 1 is 1.27 bits per heavy atom. The third kappa shape index (κ3) is 5.29. The average Bonchev–Trinajstić information content (AvgIpc) is 2.92. The van der Waals surface area contributed by atoms with Gasteiger partial charge in [-0.15, -0.1) is 0 Å². The van der Waals surface area contributed by atoms with Crippen LogP contribution in [0.4, 0.5) is 17.6 Å². The molecular weight excluding hydrogens is 302 g/mol. The smallest absolute Gasteiger partial charge is 0.378 e. The Morgan fingerprint density at radius 3 is 2.50 bits per heavy atom. The number of amides is 1. The lowest BCUT2D eigenvalue weighted by molar-refractivity contribution is -0.163. The van der Waals surface area contributed by atoms with Crippen molar-refractivity contribution in [1.82, 2.24) is 4.90 Å². The van der Waals surface area contributed by atoms with Crippen molar-refractivity contribution in [2.45, 2.75) is 38.1 Å². The summed E-state index contributed by atoms with van der Waals surface area (Å²) in [6.45, 7) is -0.990. The predicted molar refractivity (Wildman–Crippen MR) is 71.5 cm³/mol. The van der Waals surface area contributed by atoms with Gasteiger partial charge in [-0.2, -0.15) is 13.2 Å². The minimum Gasteiger partial charge on any atom is -0.378 e. The minimum atomic E-state index is -4.48. The fraction of sp³-hybridized carbons (Fsp3) is 0.533. The van der Waals surface area contributed by atoms with Gasteiger partial charge in [0, 0.05) is 13.2 Å². The molecule has 0 bridgehead atoms. The van der Waals surface area contributed by atoms with Crippen molar-refractivity contribution in [3.63, 3.8) is 0 Å². The van der Waals surface area contributed by atoms with Gasteiger partial charge < -0.3 is 9.64 Å². The molecule has 1 amide bonds. The second kappa shape index (κ2) is 7.09. The van der Waals surface area contributed by atoms with Crippen LogP contribution in [0.2, 0.25) is 0 Å². The van der Waals surface area contributed by atoms with Crippen LogP contribution in [0.3, 0.4) is 0 Å². The second-order valence-electron chi connectivity index (χ2n) is 5.33. The van der Waals surface area contributed by atoms with E-state index in [9.17, 15) is 22.4 Å². The van der Waals surface area contributed by atoms with Gasteiger partial charge in [0.2, 0.25) is 5.91 Å². The minimum absolute atomic E-state index is 0.0583. The van der Waals surface area contributed by atoms with E-state index in [1.54, 1.807) is 0 Å². The molecule has 22 heavy (non-hydrogen) atoms. The van der Waals surface area contributed by atoms with Crippen molar-refractivity contribution in [3.05, 3.63) is 35.6 Å². The number of hydrogen-bond acceptors (Lipinski definition) is 2. The van der Waals surface area contributed by atoms with Gasteiger partial charge in [-0.3, -0.25) is 4.79 Å². The Kier molecular flexibility index (Phi) is 5.39. The molecule has 0 aromatic heterocycles. The lowest BCUT2D eigenvalue weighted by Crippen LogP contribution is -2.39. The van der Waals surface area contributed by atoms with Gasteiger partial charge in [0.1, 0.15) is 12.4 Å². The van der Waals surface area contributed by atoms with Gasteiger partial charge in [0.15, 0.2) is 0 Å². The van der Waals surface area contributed by atoms with Crippen LogP contribution in [0.25, 0.3) is 0 Å². The third-order valence-electron chi connectivity index (χ3n) is 3.44. The molecule has 7 heteroatoms. The first-order valence-electron chi connectivity index (χ1n) is 7.04. The van der Waals surface area contributed by atoms with Crippen LogP contribution in [0.15, 0.2) is 24.3 Å². The SMILES string of the molecule is O=C(C[C@@H]1CCCO1)N(Cc1ccc(F)cc1)CC(F)(F)F. The van der Waals surface area contributed by atoms with Crippen molar-refractivity contribution in [1.29, 1.82) is 0 Å². The zero-order valence-corrected chi connectivity index (χ0v) is 11.9. The molecule has 2 rings (SSSR count). The van der Waals surface area contributed by atoms with Crippen molar-refractivity contribution in [3.8, 4) is 0 Å². The summed E-state index contributed by atoms with van der Waals surface area (Å²) in [4.78, 5) is 12.9. The Hall–Kier alpha value is -1.63. The number of nitrogens with zero attached hydrogens (tertiary/aromatic N) is 1. The van der Waals surface area contributed by atoms with Gasteiger partial charge in [0.25, 0.3) is 0 Å². The van der Waals surface area contributed by atoms with E-state index in [4.69, 9.17) is 4.74 Å². The maximum absolute atomic E-state index is 12.8. The molecule has 0 unspecified atom stereocenters. The molecular formula is C15H17F4NO2. The predicted octanol–water partition coefficient (Wildman–Crippen LogP) is 3.29. The highest BCUT2D eigenvalue weighted by Crippen LogP contribution is 2.22. The summed E-state index contributed by atoms with van der Waals surface area (Å²) in [5.41, 5.74) is 0.450. The molecule has 0 saturated carbocycles. The summed E-state index contributed by atoms with van der Waals surface area (Å²) in [7, 11) is 0. The van der Waals surface area contributed by atoms with E-state index < -0.39 is 24.4 Å². The molecule has 1 aromatic carbocycles. The van der Waals surface area contributed by atoms with Crippen LogP contribution in [0.1, 0.15) is 24.8 Å². The van der Waals surface area contributed by atoms with Crippen LogP contribution in [-0.2, 0) is 16.1 Å². The highest BCUT2D eigenvalue weighted by molar-refractivity contribution is 5.76. The number of halogens is 4. The lowest BCUT2D eigenvalue weighted by atomic mass is 10.1.